The third-order valence-electron chi connectivity index (χ3n) is 7.68. The van der Waals surface area contributed by atoms with E-state index in [1.165, 1.54) is 14.2 Å². The highest BCUT2D eigenvalue weighted by Gasteiger charge is 2.18. The first-order valence-electron chi connectivity index (χ1n) is 16.2. The highest BCUT2D eigenvalue weighted by molar-refractivity contribution is 9.10. The highest BCUT2D eigenvalue weighted by Crippen LogP contribution is 2.38. The van der Waals surface area contributed by atoms with Gasteiger partial charge < -0.3 is 50.0 Å². The fraction of sp³-hybridized carbons (Fsp3) is 0.333. The summed E-state index contributed by atoms with van der Waals surface area (Å²) in [5, 5.41) is 44.1. The van der Waals surface area contributed by atoms with Crippen LogP contribution in [0.1, 0.15) is 35.1 Å². The highest BCUT2D eigenvalue weighted by atomic mass is 79.9. The Morgan fingerprint density at radius 3 is 1.75 bits per heavy atom. The molecule has 0 aliphatic rings. The molecule has 0 aliphatic heterocycles. The van der Waals surface area contributed by atoms with Gasteiger partial charge in [0.05, 0.1) is 53.8 Å². The summed E-state index contributed by atoms with van der Waals surface area (Å²) in [6.07, 6.45) is -2.79. The Morgan fingerprint density at radius 2 is 1.23 bits per heavy atom. The van der Waals surface area contributed by atoms with E-state index in [-0.39, 0.29) is 51.6 Å². The first-order chi connectivity index (χ1) is 25.4. The number of nitrogens with one attached hydrogen (secondary N) is 2. The predicted molar refractivity (Wildman–Crippen MR) is 200 cm³/mol. The lowest BCUT2D eigenvalue weighted by atomic mass is 10.0. The molecular weight excluding hydrogens is 799 g/mol. The second kappa shape index (κ2) is 20.3. The molecule has 0 bridgehead atoms. The lowest BCUT2D eigenvalue weighted by Crippen LogP contribution is -2.28. The molecule has 0 unspecified atom stereocenters. The largest absolute Gasteiger partial charge is 0.481 e. The molecule has 2 atom stereocenters. The Kier molecular flexibility index (Phi) is 15.9. The molecule has 0 aliphatic carbocycles. The number of carboxylic acids is 2. The van der Waals surface area contributed by atoms with E-state index in [0.717, 1.165) is 0 Å². The van der Waals surface area contributed by atoms with Gasteiger partial charge in [0, 0.05) is 65.6 Å². The van der Waals surface area contributed by atoms with Crippen LogP contribution >= 0.6 is 39.1 Å². The molecular formula is C36H39BrCl2N4O10. The van der Waals surface area contributed by atoms with E-state index in [4.69, 9.17) is 52.4 Å². The molecule has 284 valence electrons. The van der Waals surface area contributed by atoms with Crippen molar-refractivity contribution in [1.82, 2.24) is 20.6 Å². The van der Waals surface area contributed by atoms with Crippen LogP contribution in [0, 0.1) is 0 Å². The number of aromatic nitrogens is 2. The minimum atomic E-state index is -1.09. The van der Waals surface area contributed by atoms with Crippen LogP contribution in [-0.2, 0) is 35.9 Å². The molecule has 17 heteroatoms. The fourth-order valence-electron chi connectivity index (χ4n) is 5.13. The number of hydrogen-bond donors (Lipinski definition) is 6. The zero-order chi connectivity index (χ0) is 38.5. The fourth-order valence-corrected chi connectivity index (χ4v) is 6.18. The Hall–Kier alpha value is -4.22. The van der Waals surface area contributed by atoms with Gasteiger partial charge in [-0.2, -0.15) is 9.97 Å². The van der Waals surface area contributed by atoms with Crippen LogP contribution in [0.3, 0.4) is 0 Å². The van der Waals surface area contributed by atoms with Crippen LogP contribution in [0.5, 0.6) is 23.5 Å². The van der Waals surface area contributed by atoms with Gasteiger partial charge >= 0.3 is 11.9 Å². The van der Waals surface area contributed by atoms with Crippen LogP contribution in [0.4, 0.5) is 0 Å². The van der Waals surface area contributed by atoms with E-state index < -0.39 is 24.1 Å². The maximum Gasteiger partial charge on any atom is 0.306 e. The number of nitrogens with zero attached hydrogens (tertiary/aromatic N) is 2. The van der Waals surface area contributed by atoms with Gasteiger partial charge in [-0.15, -0.1) is 0 Å². The Bertz CT molecular complexity index is 1890. The maximum atomic E-state index is 10.8. The standard InChI is InChI=1S/C36H39BrCl2N4O10/c1-50-34-20(14-40-16-24(44)12-30(46)47)9-10-29(42-34)52-18-21-5-3-7-26(32(21)38)27-8-4-6-22(33(27)39)19-53-36-28(37)11-23(35(43-36)51-2)15-41-17-25(45)13-31(48)49/h3-11,24-25,40-41,44-45H,12-19H2,1-2H3,(H,46,47)(H,48,49)/t24-,25-/m0/s1. The van der Waals surface area contributed by atoms with Crippen molar-refractivity contribution in [3.63, 3.8) is 0 Å². The van der Waals surface area contributed by atoms with Gasteiger partial charge in [0.15, 0.2) is 0 Å². The van der Waals surface area contributed by atoms with Crippen LogP contribution in [0.15, 0.2) is 59.1 Å². The van der Waals surface area contributed by atoms with E-state index in [1.54, 1.807) is 18.2 Å². The van der Waals surface area contributed by atoms with Crippen molar-refractivity contribution in [2.45, 2.75) is 51.4 Å². The first kappa shape index (κ1) is 41.5. The third-order valence-corrected chi connectivity index (χ3v) is 9.14. The van der Waals surface area contributed by atoms with Crippen molar-refractivity contribution in [2.24, 2.45) is 0 Å². The van der Waals surface area contributed by atoms with Crippen molar-refractivity contribution in [2.75, 3.05) is 27.3 Å². The number of carboxylic acid groups (broad SMARTS) is 2. The Morgan fingerprint density at radius 1 is 0.717 bits per heavy atom. The lowest BCUT2D eigenvalue weighted by Gasteiger charge is -2.16. The summed E-state index contributed by atoms with van der Waals surface area (Å²) in [5.74, 6) is -1.00. The number of methoxy groups -OCH3 is 2. The van der Waals surface area contributed by atoms with Gasteiger partial charge in [-0.1, -0.05) is 59.6 Å². The lowest BCUT2D eigenvalue weighted by molar-refractivity contribution is -0.140. The monoisotopic (exact) mass is 836 g/mol. The minimum absolute atomic E-state index is 0.0722. The average Bonchev–Trinajstić information content (AvgIpc) is 3.11. The average molecular weight is 839 g/mol. The molecule has 2 aromatic heterocycles. The molecule has 0 saturated heterocycles. The van der Waals surface area contributed by atoms with Crippen LogP contribution in [-0.4, -0.2) is 81.8 Å². The second-order valence-corrected chi connectivity index (χ2v) is 13.3. The molecule has 0 fully saturated rings. The molecule has 4 aromatic rings. The summed E-state index contributed by atoms with van der Waals surface area (Å²) < 4.78 is 23.4. The SMILES string of the molecule is COc1nc(OCc2cccc(-c3cccc(COc4nc(OC)c(CNC[C@@H](O)CC(=O)O)cc4Br)c3Cl)c2Cl)ccc1CNC[C@@H](O)CC(=O)O. The molecule has 0 amide bonds. The van der Waals surface area contributed by atoms with E-state index in [9.17, 15) is 19.8 Å². The second-order valence-electron chi connectivity index (χ2n) is 11.7. The summed E-state index contributed by atoms with van der Waals surface area (Å²) in [4.78, 5) is 30.4. The number of carbonyl (C=O) groups is 2. The zero-order valence-corrected chi connectivity index (χ0v) is 31.9. The van der Waals surface area contributed by atoms with Gasteiger partial charge in [-0.05, 0) is 28.1 Å². The number of rotatable bonds is 21. The number of aliphatic hydroxyl groups excluding tert-OH is 2. The summed E-state index contributed by atoms with van der Waals surface area (Å²) in [6.45, 7) is 0.897. The molecule has 2 heterocycles. The molecule has 6 N–H and O–H groups in total. The Balaban J connectivity index is 1.41. The quantitative estimate of drug-likeness (QED) is 0.0637. The van der Waals surface area contributed by atoms with E-state index in [0.29, 0.717) is 72.1 Å². The number of hydrogen-bond acceptors (Lipinski definition) is 12. The van der Waals surface area contributed by atoms with Crippen molar-refractivity contribution in [1.29, 1.82) is 0 Å². The smallest absolute Gasteiger partial charge is 0.306 e. The molecule has 2 aromatic carbocycles. The van der Waals surface area contributed by atoms with Crippen LogP contribution < -0.4 is 29.6 Å². The molecule has 4 rings (SSSR count). The summed E-state index contributed by atoms with van der Waals surface area (Å²) in [7, 11) is 2.94. The maximum absolute atomic E-state index is 10.8. The summed E-state index contributed by atoms with van der Waals surface area (Å²) >= 11 is 17.3. The molecule has 0 radical (unpaired) electrons. The predicted octanol–water partition coefficient (Wildman–Crippen LogP) is 5.24. The van der Waals surface area contributed by atoms with Crippen molar-refractivity contribution < 1.29 is 49.0 Å². The minimum Gasteiger partial charge on any atom is -0.481 e. The topological polar surface area (TPSA) is 202 Å². The van der Waals surface area contributed by atoms with Crippen molar-refractivity contribution in [3.05, 3.63) is 91.4 Å². The molecule has 0 saturated carbocycles. The zero-order valence-electron chi connectivity index (χ0n) is 28.8. The number of halogens is 3. The first-order valence-corrected chi connectivity index (χ1v) is 17.7. The number of aliphatic carboxylic acids is 2. The number of benzene rings is 2. The van der Waals surface area contributed by atoms with Gasteiger partial charge in [-0.25, -0.2) is 0 Å². The van der Waals surface area contributed by atoms with E-state index in [1.807, 2.05) is 36.4 Å². The number of pyridine rings is 2. The summed E-state index contributed by atoms with van der Waals surface area (Å²) in [5.41, 5.74) is 4.09. The van der Waals surface area contributed by atoms with Gasteiger partial charge in [0.25, 0.3) is 0 Å². The summed E-state index contributed by atoms with van der Waals surface area (Å²) in [6, 6.07) is 16.3. The molecule has 53 heavy (non-hydrogen) atoms. The Labute approximate surface area is 324 Å². The van der Waals surface area contributed by atoms with Gasteiger partial charge in [-0.3, -0.25) is 9.59 Å². The number of aliphatic hydroxyl groups is 2. The van der Waals surface area contributed by atoms with Crippen LogP contribution in [0.2, 0.25) is 10.0 Å². The number of ether oxygens (including phenoxy) is 4. The third kappa shape index (κ3) is 12.2. The normalized spacial score (nSPS) is 12.2. The van der Waals surface area contributed by atoms with Crippen molar-refractivity contribution >= 4 is 51.1 Å². The van der Waals surface area contributed by atoms with Gasteiger partial charge in [0.1, 0.15) is 13.2 Å². The molecule has 14 nitrogen and oxygen atoms in total. The van der Waals surface area contributed by atoms with E-state index in [2.05, 4.69) is 36.5 Å². The van der Waals surface area contributed by atoms with Gasteiger partial charge in [0.2, 0.25) is 23.5 Å². The van der Waals surface area contributed by atoms with Crippen molar-refractivity contribution in [3.8, 4) is 34.6 Å². The van der Waals surface area contributed by atoms with E-state index >= 15 is 0 Å². The van der Waals surface area contributed by atoms with Crippen LogP contribution in [0.25, 0.3) is 11.1 Å². The molecule has 0 spiro atoms.